The van der Waals surface area contributed by atoms with E-state index < -0.39 is 11.7 Å². The number of hydrogen-bond donors (Lipinski definition) is 0. The third-order valence-corrected chi connectivity index (χ3v) is 5.69. The van der Waals surface area contributed by atoms with Crippen molar-refractivity contribution < 1.29 is 13.2 Å². The number of alkyl halides is 3. The summed E-state index contributed by atoms with van der Waals surface area (Å²) in [7, 11) is 0. The fourth-order valence-electron chi connectivity index (χ4n) is 4.24. The number of hydrogen-bond acceptors (Lipinski definition) is 2. The Kier molecular flexibility index (Phi) is 5.91. The van der Waals surface area contributed by atoms with E-state index in [1.165, 1.54) is 17.7 Å². The molecule has 4 rings (SSSR count). The average Bonchev–Trinajstić information content (AvgIpc) is 2.77. The molecule has 0 amide bonds. The molecule has 170 valence electrons. The Morgan fingerprint density at radius 1 is 0.848 bits per heavy atom. The van der Waals surface area contributed by atoms with Gasteiger partial charge in [0, 0.05) is 11.1 Å². The lowest BCUT2D eigenvalue weighted by atomic mass is 9.92. The largest absolute Gasteiger partial charge is 0.416 e. The van der Waals surface area contributed by atoms with Crippen molar-refractivity contribution in [2.45, 2.75) is 45.5 Å². The van der Waals surface area contributed by atoms with Crippen molar-refractivity contribution in [1.82, 2.24) is 9.88 Å². The van der Waals surface area contributed by atoms with Crippen LogP contribution in [0.1, 0.15) is 49.2 Å². The van der Waals surface area contributed by atoms with Crippen LogP contribution in [0.3, 0.4) is 0 Å². The van der Waals surface area contributed by atoms with E-state index in [1.807, 2.05) is 37.3 Å². The van der Waals surface area contributed by atoms with Gasteiger partial charge in [0.25, 0.3) is 0 Å². The van der Waals surface area contributed by atoms with E-state index in [4.69, 9.17) is 4.98 Å². The summed E-state index contributed by atoms with van der Waals surface area (Å²) in [5, 5.41) is 0. The van der Waals surface area contributed by atoms with Crippen LogP contribution in [0, 0.1) is 6.92 Å². The van der Waals surface area contributed by atoms with E-state index in [0.29, 0.717) is 11.3 Å². The summed E-state index contributed by atoms with van der Waals surface area (Å²) < 4.78 is 39.0. The van der Waals surface area contributed by atoms with Crippen molar-refractivity contribution in [1.29, 1.82) is 0 Å². The third-order valence-electron chi connectivity index (χ3n) is 5.69. The van der Waals surface area contributed by atoms with Gasteiger partial charge in [-0.05, 0) is 69.2 Å². The van der Waals surface area contributed by atoms with Gasteiger partial charge in [0.15, 0.2) is 0 Å². The Morgan fingerprint density at radius 2 is 1.48 bits per heavy atom. The molecule has 33 heavy (non-hydrogen) atoms. The third kappa shape index (κ3) is 4.87. The topological polar surface area (TPSA) is 16.1 Å². The van der Waals surface area contributed by atoms with Crippen molar-refractivity contribution in [3.05, 3.63) is 107 Å². The monoisotopic (exact) mass is 448 g/mol. The van der Waals surface area contributed by atoms with Crippen LogP contribution in [0.5, 0.6) is 0 Å². The minimum absolute atomic E-state index is 0.0445. The molecule has 0 saturated carbocycles. The van der Waals surface area contributed by atoms with Crippen LogP contribution in [0.25, 0.3) is 17.0 Å². The zero-order valence-corrected chi connectivity index (χ0v) is 19.2. The molecule has 0 radical (unpaired) electrons. The van der Waals surface area contributed by atoms with Crippen LogP contribution >= 0.6 is 0 Å². The van der Waals surface area contributed by atoms with Crippen LogP contribution < -0.4 is 0 Å². The Morgan fingerprint density at radius 3 is 2.09 bits per heavy atom. The fourth-order valence-corrected chi connectivity index (χ4v) is 4.24. The van der Waals surface area contributed by atoms with Gasteiger partial charge in [0.1, 0.15) is 0 Å². The lowest BCUT2D eigenvalue weighted by Gasteiger charge is -2.45. The van der Waals surface area contributed by atoms with Gasteiger partial charge >= 0.3 is 6.18 Å². The highest BCUT2D eigenvalue weighted by atomic mass is 19.4. The number of aromatic nitrogens is 1. The smallest absolute Gasteiger partial charge is 0.354 e. The second-order valence-corrected chi connectivity index (χ2v) is 9.32. The molecule has 1 aliphatic rings. The summed E-state index contributed by atoms with van der Waals surface area (Å²) in [4.78, 5) is 7.23. The lowest BCUT2D eigenvalue weighted by molar-refractivity contribution is -0.137. The quantitative estimate of drug-likeness (QED) is 0.406. The first-order valence-electron chi connectivity index (χ1n) is 10.9. The second kappa shape index (κ2) is 8.54. The number of pyridine rings is 1. The van der Waals surface area contributed by atoms with Crippen molar-refractivity contribution >= 4 is 5.70 Å². The predicted octanol–water partition coefficient (Wildman–Crippen LogP) is 7.83. The Bertz CT molecular complexity index is 1180. The standard InChI is InChI=1S/C28H27F3N2/c1-19-17-23(20-13-15-22(16-14-20)28(29,30)31)32-24(18-19)26-12-8-11-25(33(26)27(2,3)4)21-9-6-5-7-10-21/h5-18,25H,1-4H3. The molecular formula is C28H27F3N2. The van der Waals surface area contributed by atoms with Crippen molar-refractivity contribution in [2.75, 3.05) is 0 Å². The van der Waals surface area contributed by atoms with E-state index in [2.05, 4.69) is 56.0 Å². The maximum atomic E-state index is 13.0. The maximum absolute atomic E-state index is 13.0. The van der Waals surface area contributed by atoms with Gasteiger partial charge in [0.2, 0.25) is 0 Å². The Hall–Kier alpha value is -3.34. The van der Waals surface area contributed by atoms with Crippen LogP contribution in [0.2, 0.25) is 0 Å². The highest BCUT2D eigenvalue weighted by Gasteiger charge is 2.33. The molecule has 2 aromatic carbocycles. The minimum atomic E-state index is -4.36. The predicted molar refractivity (Wildman–Crippen MR) is 127 cm³/mol. The summed E-state index contributed by atoms with van der Waals surface area (Å²) in [5.74, 6) is 0. The van der Waals surface area contributed by atoms with E-state index in [0.717, 1.165) is 29.1 Å². The summed E-state index contributed by atoms with van der Waals surface area (Å²) in [6.07, 6.45) is 1.93. The maximum Gasteiger partial charge on any atom is 0.416 e. The van der Waals surface area contributed by atoms with Gasteiger partial charge in [-0.3, -0.25) is 0 Å². The summed E-state index contributed by atoms with van der Waals surface area (Å²) >= 11 is 0. The zero-order valence-electron chi connectivity index (χ0n) is 19.2. The van der Waals surface area contributed by atoms with E-state index in [-0.39, 0.29) is 11.6 Å². The molecule has 1 aromatic heterocycles. The molecule has 0 N–H and O–H groups in total. The molecule has 5 heteroatoms. The molecule has 0 aliphatic carbocycles. The molecule has 0 bridgehead atoms. The lowest BCUT2D eigenvalue weighted by Crippen LogP contribution is -2.43. The van der Waals surface area contributed by atoms with Crippen molar-refractivity contribution in [3.63, 3.8) is 0 Å². The highest BCUT2D eigenvalue weighted by Crippen LogP contribution is 2.40. The van der Waals surface area contributed by atoms with E-state index in [9.17, 15) is 13.2 Å². The van der Waals surface area contributed by atoms with Crippen LogP contribution in [0.15, 0.2) is 85.0 Å². The number of nitrogens with zero attached hydrogens (tertiary/aromatic N) is 2. The number of benzene rings is 2. The molecule has 1 unspecified atom stereocenters. The van der Waals surface area contributed by atoms with Crippen molar-refractivity contribution in [2.24, 2.45) is 0 Å². The first kappa shape index (κ1) is 22.8. The summed E-state index contributed by atoms with van der Waals surface area (Å²) in [5.41, 5.74) is 4.41. The van der Waals surface area contributed by atoms with Crippen LogP contribution in [0.4, 0.5) is 13.2 Å². The number of aryl methyl sites for hydroxylation is 1. The van der Waals surface area contributed by atoms with Crippen LogP contribution in [-0.2, 0) is 6.18 Å². The first-order valence-corrected chi connectivity index (χ1v) is 10.9. The molecule has 2 heterocycles. The number of allylic oxidation sites excluding steroid dienone is 2. The summed E-state index contributed by atoms with van der Waals surface area (Å²) in [6, 6.07) is 19.5. The van der Waals surface area contributed by atoms with Gasteiger partial charge in [-0.2, -0.15) is 13.2 Å². The fraction of sp³-hybridized carbons (Fsp3) is 0.250. The normalized spacial score (nSPS) is 16.6. The van der Waals surface area contributed by atoms with Crippen LogP contribution in [-0.4, -0.2) is 15.4 Å². The molecular weight excluding hydrogens is 421 g/mol. The summed E-state index contributed by atoms with van der Waals surface area (Å²) in [6.45, 7) is 8.49. The van der Waals surface area contributed by atoms with Gasteiger partial charge in [-0.1, -0.05) is 54.6 Å². The molecule has 0 saturated heterocycles. The minimum Gasteiger partial charge on any atom is -0.354 e. The molecule has 1 atom stereocenters. The second-order valence-electron chi connectivity index (χ2n) is 9.32. The number of halogens is 3. The molecule has 1 aliphatic heterocycles. The SMILES string of the molecule is Cc1cc(C2=CC=CC(c3ccccc3)N2C(C)(C)C)nc(-c2ccc(C(F)(F)F)cc2)c1. The Balaban J connectivity index is 1.77. The Labute approximate surface area is 193 Å². The zero-order chi connectivity index (χ0) is 23.8. The van der Waals surface area contributed by atoms with Gasteiger partial charge in [0.05, 0.1) is 28.7 Å². The molecule has 3 aromatic rings. The van der Waals surface area contributed by atoms with E-state index >= 15 is 0 Å². The van der Waals surface area contributed by atoms with Gasteiger partial charge in [-0.15, -0.1) is 0 Å². The van der Waals surface area contributed by atoms with Gasteiger partial charge in [-0.25, -0.2) is 4.98 Å². The van der Waals surface area contributed by atoms with E-state index in [1.54, 1.807) is 0 Å². The molecule has 0 fully saturated rings. The van der Waals surface area contributed by atoms with Gasteiger partial charge < -0.3 is 4.90 Å². The molecule has 2 nitrogen and oxygen atoms in total. The highest BCUT2D eigenvalue weighted by molar-refractivity contribution is 5.70. The average molecular weight is 449 g/mol. The first-order chi connectivity index (χ1) is 15.5. The van der Waals surface area contributed by atoms with Crippen molar-refractivity contribution in [3.8, 4) is 11.3 Å². The number of rotatable bonds is 3. The molecule has 0 spiro atoms.